The van der Waals surface area contributed by atoms with Crippen LogP contribution in [0, 0.1) is 0 Å². The lowest BCUT2D eigenvalue weighted by Gasteiger charge is -1.96. The molecule has 2 aromatic heterocycles. The van der Waals surface area contributed by atoms with E-state index in [1.807, 2.05) is 17.9 Å². The Bertz CT molecular complexity index is 479. The summed E-state index contributed by atoms with van der Waals surface area (Å²) in [4.78, 5) is 0. The predicted molar refractivity (Wildman–Crippen MR) is 76.3 cm³/mol. The molecule has 0 atom stereocenters. The van der Waals surface area contributed by atoms with Crippen LogP contribution in [0.2, 0.25) is 0 Å². The van der Waals surface area contributed by atoms with E-state index in [9.17, 15) is 0 Å². The van der Waals surface area contributed by atoms with Crippen molar-refractivity contribution in [3.05, 3.63) is 18.0 Å². The van der Waals surface area contributed by atoms with Gasteiger partial charge in [0.25, 0.3) is 0 Å². The van der Waals surface area contributed by atoms with Crippen molar-refractivity contribution < 1.29 is 0 Å². The van der Waals surface area contributed by atoms with Gasteiger partial charge in [0.2, 0.25) is 5.13 Å². The first-order valence-corrected chi connectivity index (χ1v) is 7.76. The number of aryl methyl sites for hydroxylation is 2. The number of thioether (sulfide) groups is 1. The maximum absolute atomic E-state index is 4.16. The Labute approximate surface area is 115 Å². The van der Waals surface area contributed by atoms with Gasteiger partial charge in [-0.05, 0) is 25.3 Å². The lowest BCUT2D eigenvalue weighted by molar-refractivity contribution is 0.766. The van der Waals surface area contributed by atoms with E-state index in [1.165, 1.54) is 5.56 Å². The van der Waals surface area contributed by atoms with Crippen LogP contribution in [-0.2, 0) is 13.5 Å². The Hall–Kier alpha value is -1.08. The summed E-state index contributed by atoms with van der Waals surface area (Å²) < 4.78 is 2.88. The molecule has 0 saturated carbocycles. The van der Waals surface area contributed by atoms with Crippen LogP contribution in [0.3, 0.4) is 0 Å². The maximum Gasteiger partial charge on any atom is 0.206 e. The van der Waals surface area contributed by atoms with Crippen LogP contribution in [0.25, 0.3) is 0 Å². The van der Waals surface area contributed by atoms with E-state index in [0.29, 0.717) is 0 Å². The number of anilines is 1. The molecule has 0 amide bonds. The third-order valence-electron chi connectivity index (χ3n) is 2.33. The van der Waals surface area contributed by atoms with E-state index in [-0.39, 0.29) is 0 Å². The third-order valence-corrected chi connectivity index (χ3v) is 4.43. The van der Waals surface area contributed by atoms with Crippen molar-refractivity contribution in [3.8, 4) is 0 Å². The minimum atomic E-state index is 0.889. The number of aromatic nitrogens is 4. The molecular weight excluding hydrogens is 266 g/mol. The van der Waals surface area contributed by atoms with Gasteiger partial charge in [-0.25, -0.2) is 0 Å². The molecule has 0 saturated heterocycles. The average molecular weight is 283 g/mol. The number of hydrogen-bond acceptors (Lipinski definition) is 6. The summed E-state index contributed by atoms with van der Waals surface area (Å²) >= 11 is 3.39. The van der Waals surface area contributed by atoms with Gasteiger partial charge in [-0.2, -0.15) is 5.10 Å². The van der Waals surface area contributed by atoms with Crippen molar-refractivity contribution >= 4 is 28.2 Å². The van der Waals surface area contributed by atoms with Gasteiger partial charge in [0, 0.05) is 25.5 Å². The van der Waals surface area contributed by atoms with Crippen LogP contribution in [-0.4, -0.2) is 32.3 Å². The SMILES string of the molecule is CCNc1nnc(SCCCc2cnn(C)c2)s1. The van der Waals surface area contributed by atoms with Crippen LogP contribution in [0.1, 0.15) is 18.9 Å². The Morgan fingerprint density at radius 1 is 1.44 bits per heavy atom. The molecule has 2 aromatic rings. The predicted octanol–water partition coefficient (Wildman–Crippen LogP) is 2.43. The molecule has 0 unspecified atom stereocenters. The monoisotopic (exact) mass is 283 g/mol. The third kappa shape index (κ3) is 3.99. The fraction of sp³-hybridized carbons (Fsp3) is 0.545. The summed E-state index contributed by atoms with van der Waals surface area (Å²) in [6, 6.07) is 0. The number of hydrogen-bond donors (Lipinski definition) is 1. The first-order valence-electron chi connectivity index (χ1n) is 5.95. The standard InChI is InChI=1S/C11H17N5S2/c1-3-12-10-14-15-11(18-10)17-6-4-5-9-7-13-16(2)8-9/h7-8H,3-6H2,1-2H3,(H,12,14). The van der Waals surface area contributed by atoms with Crippen molar-refractivity contribution in [2.75, 3.05) is 17.6 Å². The van der Waals surface area contributed by atoms with Gasteiger partial charge in [0.05, 0.1) is 6.20 Å². The van der Waals surface area contributed by atoms with Crippen LogP contribution >= 0.6 is 23.1 Å². The van der Waals surface area contributed by atoms with Gasteiger partial charge >= 0.3 is 0 Å². The van der Waals surface area contributed by atoms with Crippen molar-refractivity contribution in [1.82, 2.24) is 20.0 Å². The quantitative estimate of drug-likeness (QED) is 0.625. The second-order valence-electron chi connectivity index (χ2n) is 3.88. The Morgan fingerprint density at radius 3 is 3.06 bits per heavy atom. The zero-order valence-electron chi connectivity index (χ0n) is 10.6. The first-order chi connectivity index (χ1) is 8.78. The van der Waals surface area contributed by atoms with Crippen molar-refractivity contribution in [2.45, 2.75) is 24.1 Å². The Balaban J connectivity index is 1.68. The van der Waals surface area contributed by atoms with Crippen molar-refractivity contribution in [1.29, 1.82) is 0 Å². The topological polar surface area (TPSA) is 55.6 Å². The van der Waals surface area contributed by atoms with E-state index in [4.69, 9.17) is 0 Å². The molecule has 0 aromatic carbocycles. The van der Waals surface area contributed by atoms with Gasteiger partial charge < -0.3 is 5.32 Å². The summed E-state index contributed by atoms with van der Waals surface area (Å²) in [5.74, 6) is 1.07. The number of nitrogens with one attached hydrogen (secondary N) is 1. The lowest BCUT2D eigenvalue weighted by Crippen LogP contribution is -1.94. The Morgan fingerprint density at radius 2 is 2.33 bits per heavy atom. The van der Waals surface area contributed by atoms with E-state index >= 15 is 0 Å². The van der Waals surface area contributed by atoms with Gasteiger partial charge in [0.15, 0.2) is 4.34 Å². The van der Waals surface area contributed by atoms with Crippen LogP contribution in [0.15, 0.2) is 16.7 Å². The van der Waals surface area contributed by atoms with E-state index in [0.717, 1.165) is 34.6 Å². The minimum absolute atomic E-state index is 0.889. The molecule has 0 aliphatic carbocycles. The molecule has 0 spiro atoms. The highest BCUT2D eigenvalue weighted by atomic mass is 32.2. The number of nitrogens with zero attached hydrogens (tertiary/aromatic N) is 4. The molecule has 5 nitrogen and oxygen atoms in total. The molecule has 2 rings (SSSR count). The van der Waals surface area contributed by atoms with Gasteiger partial charge in [0.1, 0.15) is 0 Å². The molecular formula is C11H17N5S2. The average Bonchev–Trinajstić information content (AvgIpc) is 2.95. The van der Waals surface area contributed by atoms with Gasteiger partial charge in [-0.1, -0.05) is 23.1 Å². The summed E-state index contributed by atoms with van der Waals surface area (Å²) in [7, 11) is 1.95. The summed E-state index contributed by atoms with van der Waals surface area (Å²) in [5, 5.41) is 16.4. The summed E-state index contributed by atoms with van der Waals surface area (Å²) in [6.07, 6.45) is 6.20. The molecule has 0 bridgehead atoms. The second kappa shape index (κ2) is 6.75. The first kappa shape index (κ1) is 13.4. The highest BCUT2D eigenvalue weighted by molar-refractivity contribution is 8.01. The molecule has 0 fully saturated rings. The molecule has 1 N–H and O–H groups in total. The Kier molecular flexibility index (Phi) is 5.00. The molecule has 18 heavy (non-hydrogen) atoms. The fourth-order valence-corrected chi connectivity index (χ4v) is 3.36. The van der Waals surface area contributed by atoms with Crippen LogP contribution < -0.4 is 5.32 Å². The zero-order valence-corrected chi connectivity index (χ0v) is 12.2. The van der Waals surface area contributed by atoms with E-state index in [1.54, 1.807) is 23.1 Å². The van der Waals surface area contributed by atoms with Gasteiger partial charge in [-0.15, -0.1) is 10.2 Å². The fourth-order valence-electron chi connectivity index (χ4n) is 1.53. The van der Waals surface area contributed by atoms with Crippen molar-refractivity contribution in [2.24, 2.45) is 7.05 Å². The summed E-state index contributed by atoms with van der Waals surface area (Å²) in [6.45, 7) is 2.95. The molecule has 98 valence electrons. The minimum Gasteiger partial charge on any atom is -0.360 e. The molecule has 0 aliphatic heterocycles. The highest BCUT2D eigenvalue weighted by Crippen LogP contribution is 2.26. The largest absolute Gasteiger partial charge is 0.360 e. The van der Waals surface area contributed by atoms with Gasteiger partial charge in [-0.3, -0.25) is 4.68 Å². The second-order valence-corrected chi connectivity index (χ2v) is 6.20. The van der Waals surface area contributed by atoms with Crippen LogP contribution in [0.4, 0.5) is 5.13 Å². The van der Waals surface area contributed by atoms with Crippen molar-refractivity contribution in [3.63, 3.8) is 0 Å². The lowest BCUT2D eigenvalue weighted by atomic mass is 10.2. The molecule has 0 aliphatic rings. The smallest absolute Gasteiger partial charge is 0.206 e. The molecule has 0 radical (unpaired) electrons. The number of rotatable bonds is 7. The summed E-state index contributed by atoms with van der Waals surface area (Å²) in [5.41, 5.74) is 1.30. The molecule has 7 heteroatoms. The highest BCUT2D eigenvalue weighted by Gasteiger charge is 2.03. The molecule has 2 heterocycles. The van der Waals surface area contributed by atoms with E-state index < -0.39 is 0 Å². The zero-order chi connectivity index (χ0) is 12.8. The van der Waals surface area contributed by atoms with Crippen LogP contribution in [0.5, 0.6) is 0 Å². The van der Waals surface area contributed by atoms with E-state index in [2.05, 4.69) is 33.7 Å². The normalized spacial score (nSPS) is 10.8. The maximum atomic E-state index is 4.16.